The van der Waals surface area contributed by atoms with E-state index in [1.165, 1.54) is 21.9 Å². The van der Waals surface area contributed by atoms with E-state index in [1.807, 2.05) is 0 Å². The molecule has 1 saturated heterocycles. The molecule has 0 radical (unpaired) electrons. The van der Waals surface area contributed by atoms with Gasteiger partial charge < -0.3 is 10.2 Å². The predicted molar refractivity (Wildman–Crippen MR) is 119 cm³/mol. The Kier molecular flexibility index (Phi) is 6.63. The molecule has 1 N–H and O–H groups in total. The molecule has 33 heavy (non-hydrogen) atoms. The molecule has 170 valence electrons. The number of carbonyl (C=O) groups excluding carboxylic acids is 2. The first-order chi connectivity index (χ1) is 15.9. The second kappa shape index (κ2) is 9.77. The van der Waals surface area contributed by atoms with Crippen LogP contribution in [0.4, 0.5) is 29.3 Å². The van der Waals surface area contributed by atoms with Crippen LogP contribution in [0.15, 0.2) is 66.7 Å². The smallest absolute Gasteiger partial charge is 0.324 e. The molecule has 1 fully saturated rings. The van der Waals surface area contributed by atoms with E-state index in [2.05, 4.69) is 5.32 Å². The van der Waals surface area contributed by atoms with Gasteiger partial charge >= 0.3 is 6.03 Å². The fourth-order valence-corrected chi connectivity index (χ4v) is 3.82. The molecule has 0 unspecified atom stereocenters. The van der Waals surface area contributed by atoms with Crippen LogP contribution in [0.25, 0.3) is 0 Å². The van der Waals surface area contributed by atoms with Crippen molar-refractivity contribution in [2.75, 3.05) is 23.3 Å². The molecule has 1 heterocycles. The summed E-state index contributed by atoms with van der Waals surface area (Å²) in [4.78, 5) is 28.7. The van der Waals surface area contributed by atoms with Crippen molar-refractivity contribution in [1.82, 2.24) is 4.90 Å². The number of rotatable bonds is 6. The SMILES string of the molecule is O=C(Cc1ccc(F)cc1)Nc1ccccc1N1CCCN(Cc2cc(F)ccc2F)C1=O. The first-order valence-electron chi connectivity index (χ1n) is 10.5. The average Bonchev–Trinajstić information content (AvgIpc) is 2.80. The number of hydrogen-bond acceptors (Lipinski definition) is 2. The summed E-state index contributed by atoms with van der Waals surface area (Å²) < 4.78 is 40.7. The maximum absolute atomic E-state index is 14.1. The molecule has 3 aromatic rings. The zero-order valence-corrected chi connectivity index (χ0v) is 17.7. The van der Waals surface area contributed by atoms with Crippen LogP contribution in [0, 0.1) is 17.5 Å². The van der Waals surface area contributed by atoms with Crippen LogP contribution >= 0.6 is 0 Å². The molecule has 0 atom stereocenters. The fraction of sp³-hybridized carbons (Fsp3) is 0.200. The summed E-state index contributed by atoms with van der Waals surface area (Å²) in [5.41, 5.74) is 1.73. The van der Waals surface area contributed by atoms with Crippen LogP contribution in [0.2, 0.25) is 0 Å². The Balaban J connectivity index is 1.50. The van der Waals surface area contributed by atoms with Crippen LogP contribution in [0.3, 0.4) is 0 Å². The Morgan fingerprint density at radius 3 is 2.42 bits per heavy atom. The highest BCUT2D eigenvalue weighted by atomic mass is 19.1. The number of hydrogen-bond donors (Lipinski definition) is 1. The topological polar surface area (TPSA) is 52.7 Å². The number of nitrogens with zero attached hydrogens (tertiary/aromatic N) is 2. The number of benzene rings is 3. The Morgan fingerprint density at radius 1 is 0.909 bits per heavy atom. The molecule has 0 aliphatic carbocycles. The van der Waals surface area contributed by atoms with Crippen LogP contribution < -0.4 is 10.2 Å². The monoisotopic (exact) mass is 453 g/mol. The maximum Gasteiger partial charge on any atom is 0.324 e. The third-order valence-electron chi connectivity index (χ3n) is 5.43. The van der Waals surface area contributed by atoms with E-state index >= 15 is 0 Å². The van der Waals surface area contributed by atoms with Crippen molar-refractivity contribution in [2.24, 2.45) is 0 Å². The summed E-state index contributed by atoms with van der Waals surface area (Å²) in [7, 11) is 0. The van der Waals surface area contributed by atoms with Gasteiger partial charge in [-0.3, -0.25) is 9.69 Å². The van der Waals surface area contributed by atoms with Gasteiger partial charge in [-0.1, -0.05) is 24.3 Å². The lowest BCUT2D eigenvalue weighted by atomic mass is 10.1. The van der Waals surface area contributed by atoms with Crippen LogP contribution in [-0.2, 0) is 17.8 Å². The Labute approximate surface area is 189 Å². The van der Waals surface area contributed by atoms with E-state index in [9.17, 15) is 22.8 Å². The average molecular weight is 453 g/mol. The van der Waals surface area contributed by atoms with E-state index in [1.54, 1.807) is 36.4 Å². The fourth-order valence-electron chi connectivity index (χ4n) is 3.82. The van der Waals surface area contributed by atoms with Gasteiger partial charge in [0.25, 0.3) is 0 Å². The van der Waals surface area contributed by atoms with Crippen molar-refractivity contribution in [1.29, 1.82) is 0 Å². The lowest BCUT2D eigenvalue weighted by Crippen LogP contribution is -2.49. The molecule has 1 aliphatic heterocycles. The molecule has 0 bridgehead atoms. The number of amides is 3. The van der Waals surface area contributed by atoms with Crippen molar-refractivity contribution in [3.63, 3.8) is 0 Å². The van der Waals surface area contributed by atoms with E-state index in [0.29, 0.717) is 36.4 Å². The Morgan fingerprint density at radius 2 is 1.64 bits per heavy atom. The first-order valence-corrected chi connectivity index (χ1v) is 10.5. The van der Waals surface area contributed by atoms with Crippen LogP contribution in [0.1, 0.15) is 17.5 Å². The van der Waals surface area contributed by atoms with Crippen molar-refractivity contribution in [3.05, 3.63) is 95.3 Å². The molecular weight excluding hydrogens is 431 g/mol. The molecule has 0 saturated carbocycles. The van der Waals surface area contributed by atoms with E-state index < -0.39 is 11.6 Å². The molecule has 5 nitrogen and oxygen atoms in total. The van der Waals surface area contributed by atoms with Crippen molar-refractivity contribution >= 4 is 23.3 Å². The van der Waals surface area contributed by atoms with E-state index in [0.717, 1.165) is 18.2 Å². The molecule has 8 heteroatoms. The highest BCUT2D eigenvalue weighted by molar-refractivity contribution is 6.01. The third kappa shape index (κ3) is 5.34. The number of carbonyl (C=O) groups is 2. The number of urea groups is 1. The number of para-hydroxylation sites is 2. The first kappa shape index (κ1) is 22.4. The van der Waals surface area contributed by atoms with E-state index in [4.69, 9.17) is 0 Å². The number of nitrogens with one attached hydrogen (secondary N) is 1. The van der Waals surface area contributed by atoms with Gasteiger partial charge in [-0.15, -0.1) is 0 Å². The summed E-state index contributed by atoms with van der Waals surface area (Å²) in [6.45, 7) is 0.772. The highest BCUT2D eigenvalue weighted by Crippen LogP contribution is 2.29. The lowest BCUT2D eigenvalue weighted by molar-refractivity contribution is -0.115. The standard InChI is InChI=1S/C25H22F3N3O2/c26-19-8-6-17(7-9-19)14-24(32)29-22-4-1-2-5-23(22)31-13-3-12-30(25(31)33)16-18-15-20(27)10-11-21(18)28/h1-2,4-11,15H,3,12-14,16H2,(H,29,32). The molecule has 1 aliphatic rings. The molecule has 0 aromatic heterocycles. The Bertz CT molecular complexity index is 1170. The molecular formula is C25H22F3N3O2. The normalized spacial score (nSPS) is 13.8. The predicted octanol–water partition coefficient (Wildman–Crippen LogP) is 5.12. The summed E-state index contributed by atoms with van der Waals surface area (Å²) in [6, 6.07) is 15.4. The zero-order valence-electron chi connectivity index (χ0n) is 17.7. The maximum atomic E-state index is 14.1. The van der Waals surface area contributed by atoms with Gasteiger partial charge in [0, 0.05) is 18.7 Å². The summed E-state index contributed by atoms with van der Waals surface area (Å²) in [5, 5.41) is 2.82. The van der Waals surface area contributed by atoms with Gasteiger partial charge in [0.15, 0.2) is 0 Å². The van der Waals surface area contributed by atoms with Crippen molar-refractivity contribution in [2.45, 2.75) is 19.4 Å². The van der Waals surface area contributed by atoms with Crippen LogP contribution in [0.5, 0.6) is 0 Å². The third-order valence-corrected chi connectivity index (χ3v) is 5.43. The van der Waals surface area contributed by atoms with Gasteiger partial charge in [-0.2, -0.15) is 0 Å². The van der Waals surface area contributed by atoms with Gasteiger partial charge in [0.2, 0.25) is 5.91 Å². The summed E-state index contributed by atoms with van der Waals surface area (Å²) in [5.74, 6) is -1.83. The molecule has 3 aromatic carbocycles. The summed E-state index contributed by atoms with van der Waals surface area (Å²) >= 11 is 0. The minimum atomic E-state index is -0.574. The summed E-state index contributed by atoms with van der Waals surface area (Å²) in [6.07, 6.45) is 0.675. The second-order valence-electron chi connectivity index (χ2n) is 7.81. The van der Waals surface area contributed by atoms with Crippen LogP contribution in [-0.4, -0.2) is 29.9 Å². The number of anilines is 2. The minimum Gasteiger partial charge on any atom is -0.324 e. The van der Waals surface area contributed by atoms with Gasteiger partial charge in [0.1, 0.15) is 17.5 Å². The number of halogens is 3. The lowest BCUT2D eigenvalue weighted by Gasteiger charge is -2.36. The molecule has 4 rings (SSSR count). The zero-order chi connectivity index (χ0) is 23.4. The van der Waals surface area contributed by atoms with E-state index in [-0.39, 0.29) is 36.3 Å². The largest absolute Gasteiger partial charge is 0.324 e. The van der Waals surface area contributed by atoms with Gasteiger partial charge in [0.05, 0.1) is 24.3 Å². The van der Waals surface area contributed by atoms with Crippen molar-refractivity contribution < 1.29 is 22.8 Å². The highest BCUT2D eigenvalue weighted by Gasteiger charge is 2.29. The molecule has 3 amide bonds. The second-order valence-corrected chi connectivity index (χ2v) is 7.81. The Hall–Kier alpha value is -3.81. The van der Waals surface area contributed by atoms with Gasteiger partial charge in [-0.05, 0) is 54.4 Å². The quantitative estimate of drug-likeness (QED) is 0.564. The van der Waals surface area contributed by atoms with Gasteiger partial charge in [-0.25, -0.2) is 18.0 Å². The molecule has 0 spiro atoms. The van der Waals surface area contributed by atoms with Crippen molar-refractivity contribution in [3.8, 4) is 0 Å². The minimum absolute atomic E-state index is 0.0491.